The summed E-state index contributed by atoms with van der Waals surface area (Å²) >= 11 is 3.02. The van der Waals surface area contributed by atoms with Gasteiger partial charge in [0.1, 0.15) is 5.82 Å². The van der Waals surface area contributed by atoms with E-state index in [2.05, 4.69) is 15.9 Å². The number of alkyl halides is 3. The molecule has 0 fully saturated rings. The second-order valence-corrected chi connectivity index (χ2v) is 4.93. The topological polar surface area (TPSA) is 3.24 Å². The van der Waals surface area contributed by atoms with E-state index in [0.717, 1.165) is 0 Å². The number of benzene rings is 1. The zero-order valence-electron chi connectivity index (χ0n) is 9.90. The molecule has 1 rings (SSSR count). The lowest BCUT2D eigenvalue weighted by molar-refractivity contribution is -0.147. The maximum Gasteiger partial charge on any atom is 0.401 e. The largest absolute Gasteiger partial charge is 0.401 e. The summed E-state index contributed by atoms with van der Waals surface area (Å²) in [7, 11) is 0. The van der Waals surface area contributed by atoms with E-state index in [1.54, 1.807) is 0 Å². The van der Waals surface area contributed by atoms with Crippen molar-refractivity contribution in [1.82, 2.24) is 4.90 Å². The third-order valence-electron chi connectivity index (χ3n) is 2.33. The average molecular weight is 328 g/mol. The number of hydrogen-bond acceptors (Lipinski definition) is 1. The SMILES string of the molecule is CCCN(Cc1ccc(F)c(Br)c1)CC(F)(F)F. The molecule has 0 heterocycles. The van der Waals surface area contributed by atoms with Crippen LogP contribution in [0.2, 0.25) is 0 Å². The third-order valence-corrected chi connectivity index (χ3v) is 2.94. The summed E-state index contributed by atoms with van der Waals surface area (Å²) < 4.78 is 50.4. The molecule has 0 aliphatic rings. The summed E-state index contributed by atoms with van der Waals surface area (Å²) in [5.74, 6) is -0.420. The Balaban J connectivity index is 2.73. The van der Waals surface area contributed by atoms with Gasteiger partial charge in [0.05, 0.1) is 11.0 Å². The number of rotatable bonds is 5. The van der Waals surface area contributed by atoms with Crippen LogP contribution in [0.3, 0.4) is 0 Å². The molecular weight excluding hydrogens is 314 g/mol. The van der Waals surface area contributed by atoms with E-state index in [4.69, 9.17) is 0 Å². The van der Waals surface area contributed by atoms with E-state index < -0.39 is 18.5 Å². The van der Waals surface area contributed by atoms with Gasteiger partial charge in [0.15, 0.2) is 0 Å². The van der Waals surface area contributed by atoms with E-state index in [-0.39, 0.29) is 11.0 Å². The first-order valence-corrected chi connectivity index (χ1v) is 6.34. The number of halogens is 5. The van der Waals surface area contributed by atoms with Gasteiger partial charge in [-0.2, -0.15) is 13.2 Å². The van der Waals surface area contributed by atoms with Crippen molar-refractivity contribution in [2.75, 3.05) is 13.1 Å². The van der Waals surface area contributed by atoms with Crippen LogP contribution in [-0.4, -0.2) is 24.2 Å². The van der Waals surface area contributed by atoms with Crippen molar-refractivity contribution in [3.63, 3.8) is 0 Å². The lowest BCUT2D eigenvalue weighted by Gasteiger charge is -2.23. The van der Waals surface area contributed by atoms with Gasteiger partial charge in [0, 0.05) is 6.54 Å². The zero-order valence-corrected chi connectivity index (χ0v) is 11.5. The molecule has 0 N–H and O–H groups in total. The Hall–Kier alpha value is -0.620. The van der Waals surface area contributed by atoms with Crippen LogP contribution in [0.25, 0.3) is 0 Å². The van der Waals surface area contributed by atoms with Crippen LogP contribution < -0.4 is 0 Å². The molecule has 0 saturated heterocycles. The van der Waals surface area contributed by atoms with Gasteiger partial charge in [-0.1, -0.05) is 13.0 Å². The summed E-state index contributed by atoms with van der Waals surface area (Å²) in [6.45, 7) is 1.39. The van der Waals surface area contributed by atoms with Crippen molar-refractivity contribution >= 4 is 15.9 Å². The lowest BCUT2D eigenvalue weighted by Crippen LogP contribution is -2.34. The molecular formula is C12H14BrF4N. The van der Waals surface area contributed by atoms with Crippen molar-refractivity contribution in [2.45, 2.75) is 26.1 Å². The molecule has 1 aromatic carbocycles. The van der Waals surface area contributed by atoms with Crippen molar-refractivity contribution in [3.8, 4) is 0 Å². The first-order chi connectivity index (χ1) is 8.31. The Morgan fingerprint density at radius 3 is 2.44 bits per heavy atom. The van der Waals surface area contributed by atoms with Crippen LogP contribution in [0.15, 0.2) is 22.7 Å². The van der Waals surface area contributed by atoms with Gasteiger partial charge in [-0.25, -0.2) is 4.39 Å². The van der Waals surface area contributed by atoms with E-state index in [1.165, 1.54) is 23.1 Å². The molecule has 18 heavy (non-hydrogen) atoms. The molecule has 6 heteroatoms. The summed E-state index contributed by atoms with van der Waals surface area (Å²) in [5.41, 5.74) is 0.654. The highest BCUT2D eigenvalue weighted by Crippen LogP contribution is 2.21. The quantitative estimate of drug-likeness (QED) is 0.726. The van der Waals surface area contributed by atoms with E-state index in [0.29, 0.717) is 18.5 Å². The van der Waals surface area contributed by atoms with Crippen molar-refractivity contribution in [2.24, 2.45) is 0 Å². The Morgan fingerprint density at radius 2 is 1.94 bits per heavy atom. The van der Waals surface area contributed by atoms with Crippen LogP contribution >= 0.6 is 15.9 Å². The maximum absolute atomic E-state index is 13.0. The average Bonchev–Trinajstić information content (AvgIpc) is 2.21. The van der Waals surface area contributed by atoms with Crippen molar-refractivity contribution in [1.29, 1.82) is 0 Å². The molecule has 0 unspecified atom stereocenters. The molecule has 102 valence electrons. The Kier molecular flexibility index (Phi) is 5.59. The minimum Gasteiger partial charge on any atom is -0.291 e. The van der Waals surface area contributed by atoms with E-state index in [9.17, 15) is 17.6 Å². The zero-order chi connectivity index (χ0) is 13.8. The molecule has 0 atom stereocenters. The van der Waals surface area contributed by atoms with Crippen LogP contribution in [0.4, 0.5) is 17.6 Å². The highest BCUT2D eigenvalue weighted by atomic mass is 79.9. The fraction of sp³-hybridized carbons (Fsp3) is 0.500. The molecule has 0 aliphatic heterocycles. The molecule has 0 aromatic heterocycles. The second kappa shape index (κ2) is 6.52. The van der Waals surface area contributed by atoms with Crippen molar-refractivity contribution < 1.29 is 17.6 Å². The molecule has 0 spiro atoms. The summed E-state index contributed by atoms with van der Waals surface area (Å²) in [6.07, 6.45) is -3.58. The number of hydrogen-bond donors (Lipinski definition) is 0. The first kappa shape index (κ1) is 15.4. The maximum atomic E-state index is 13.0. The van der Waals surface area contributed by atoms with Gasteiger partial charge in [-0.05, 0) is 46.6 Å². The van der Waals surface area contributed by atoms with Crippen LogP contribution in [-0.2, 0) is 6.54 Å². The van der Waals surface area contributed by atoms with Crippen molar-refractivity contribution in [3.05, 3.63) is 34.1 Å². The molecule has 1 aromatic rings. The lowest BCUT2D eigenvalue weighted by atomic mass is 10.2. The predicted octanol–water partition coefficient (Wildman–Crippen LogP) is 4.36. The predicted molar refractivity (Wildman–Crippen MR) is 65.7 cm³/mol. The molecule has 0 amide bonds. The van der Waals surface area contributed by atoms with Gasteiger partial charge < -0.3 is 0 Å². The normalized spacial score (nSPS) is 12.2. The summed E-state index contributed by atoms with van der Waals surface area (Å²) in [4.78, 5) is 1.31. The minimum atomic E-state index is -4.22. The molecule has 0 radical (unpaired) electrons. The van der Waals surface area contributed by atoms with Crippen LogP contribution in [0, 0.1) is 5.82 Å². The van der Waals surface area contributed by atoms with Gasteiger partial charge in [-0.15, -0.1) is 0 Å². The van der Waals surface area contributed by atoms with Gasteiger partial charge in [-0.3, -0.25) is 4.90 Å². The standard InChI is InChI=1S/C12H14BrF4N/c1-2-5-18(8-12(15,16)17)7-9-3-4-11(14)10(13)6-9/h3-4,6H,2,5,7-8H2,1H3. The van der Waals surface area contributed by atoms with Gasteiger partial charge in [0.25, 0.3) is 0 Å². The fourth-order valence-corrected chi connectivity index (χ4v) is 2.11. The second-order valence-electron chi connectivity index (χ2n) is 4.07. The summed E-state index contributed by atoms with van der Waals surface area (Å²) in [6, 6.07) is 4.25. The Bertz CT molecular complexity index is 392. The molecule has 0 saturated carbocycles. The summed E-state index contributed by atoms with van der Waals surface area (Å²) in [5, 5.41) is 0. The molecule has 0 bridgehead atoms. The van der Waals surface area contributed by atoms with E-state index in [1.807, 2.05) is 6.92 Å². The van der Waals surface area contributed by atoms with Crippen LogP contribution in [0.1, 0.15) is 18.9 Å². The molecule has 1 nitrogen and oxygen atoms in total. The Morgan fingerprint density at radius 1 is 1.28 bits per heavy atom. The highest BCUT2D eigenvalue weighted by molar-refractivity contribution is 9.10. The first-order valence-electron chi connectivity index (χ1n) is 5.55. The molecule has 0 aliphatic carbocycles. The third kappa shape index (κ3) is 5.35. The van der Waals surface area contributed by atoms with Gasteiger partial charge in [0.2, 0.25) is 0 Å². The Labute approximate surface area is 112 Å². The van der Waals surface area contributed by atoms with Gasteiger partial charge >= 0.3 is 6.18 Å². The fourth-order valence-electron chi connectivity index (χ4n) is 1.68. The monoisotopic (exact) mass is 327 g/mol. The highest BCUT2D eigenvalue weighted by Gasteiger charge is 2.30. The smallest absolute Gasteiger partial charge is 0.291 e. The number of nitrogens with zero attached hydrogens (tertiary/aromatic N) is 1. The van der Waals surface area contributed by atoms with Crippen LogP contribution in [0.5, 0.6) is 0 Å². The minimum absolute atomic E-state index is 0.159. The van der Waals surface area contributed by atoms with E-state index >= 15 is 0 Å².